The minimum atomic E-state index is 1.21. The SMILES string of the molecule is CC=C1CCC(C=CC=C2CCC=C2C)=C1C. The van der Waals surface area contributed by atoms with E-state index in [9.17, 15) is 0 Å². The lowest BCUT2D eigenvalue weighted by Gasteiger charge is -1.98. The quantitative estimate of drug-likeness (QED) is 0.602. The summed E-state index contributed by atoms with van der Waals surface area (Å²) in [6.45, 7) is 6.60. The number of hydrogen-bond donors (Lipinski definition) is 0. The van der Waals surface area contributed by atoms with Crippen molar-refractivity contribution in [1.29, 1.82) is 0 Å². The molecule has 0 aromatic heterocycles. The zero-order valence-electron chi connectivity index (χ0n) is 11.2. The third kappa shape index (κ3) is 2.69. The van der Waals surface area contributed by atoms with Crippen molar-refractivity contribution >= 4 is 0 Å². The molecule has 17 heavy (non-hydrogen) atoms. The van der Waals surface area contributed by atoms with Gasteiger partial charge in [0.1, 0.15) is 0 Å². The minimum absolute atomic E-state index is 1.21. The van der Waals surface area contributed by atoms with Crippen LogP contribution in [0.3, 0.4) is 0 Å². The van der Waals surface area contributed by atoms with Gasteiger partial charge in [-0.05, 0) is 68.7 Å². The summed E-state index contributed by atoms with van der Waals surface area (Å²) < 4.78 is 0. The average molecular weight is 226 g/mol. The molecule has 0 heterocycles. The Balaban J connectivity index is 2.08. The van der Waals surface area contributed by atoms with Crippen LogP contribution >= 0.6 is 0 Å². The highest BCUT2D eigenvalue weighted by atomic mass is 14.2. The molecule has 2 rings (SSSR count). The highest BCUT2D eigenvalue weighted by Gasteiger charge is 2.12. The lowest BCUT2D eigenvalue weighted by Crippen LogP contribution is -1.77. The average Bonchev–Trinajstić information content (AvgIpc) is 2.87. The Morgan fingerprint density at radius 3 is 2.47 bits per heavy atom. The summed E-state index contributed by atoms with van der Waals surface area (Å²) in [5.41, 5.74) is 7.48. The fourth-order valence-electron chi connectivity index (χ4n) is 2.69. The highest BCUT2D eigenvalue weighted by molar-refractivity contribution is 5.45. The van der Waals surface area contributed by atoms with E-state index in [-0.39, 0.29) is 0 Å². The van der Waals surface area contributed by atoms with Gasteiger partial charge in [0.05, 0.1) is 0 Å². The molecule has 0 fully saturated rings. The smallest absolute Gasteiger partial charge is 0.0236 e. The molecule has 0 unspecified atom stereocenters. The van der Waals surface area contributed by atoms with Crippen molar-refractivity contribution in [3.63, 3.8) is 0 Å². The van der Waals surface area contributed by atoms with Crippen LogP contribution in [0.2, 0.25) is 0 Å². The molecule has 2 aliphatic carbocycles. The fraction of sp³-hybridized carbons (Fsp3) is 0.412. The first-order valence-corrected chi connectivity index (χ1v) is 6.62. The Bertz CT molecular complexity index is 450. The van der Waals surface area contributed by atoms with Crippen LogP contribution in [-0.4, -0.2) is 0 Å². The molecule has 90 valence electrons. The second-order valence-electron chi connectivity index (χ2n) is 4.94. The van der Waals surface area contributed by atoms with E-state index in [1.165, 1.54) is 53.5 Å². The maximum Gasteiger partial charge on any atom is -0.0236 e. The molecule has 0 atom stereocenters. The Morgan fingerprint density at radius 1 is 1.06 bits per heavy atom. The molecule has 0 saturated carbocycles. The molecule has 0 radical (unpaired) electrons. The lowest BCUT2D eigenvalue weighted by molar-refractivity contribution is 1.03. The first kappa shape index (κ1) is 12.2. The van der Waals surface area contributed by atoms with E-state index in [0.29, 0.717) is 0 Å². The van der Waals surface area contributed by atoms with Crippen LogP contribution in [0.5, 0.6) is 0 Å². The highest BCUT2D eigenvalue weighted by Crippen LogP contribution is 2.31. The van der Waals surface area contributed by atoms with Gasteiger partial charge in [0.15, 0.2) is 0 Å². The van der Waals surface area contributed by atoms with Gasteiger partial charge < -0.3 is 0 Å². The second-order valence-corrected chi connectivity index (χ2v) is 4.94. The first-order valence-electron chi connectivity index (χ1n) is 6.62. The predicted molar refractivity (Wildman–Crippen MR) is 75.9 cm³/mol. The van der Waals surface area contributed by atoms with Crippen LogP contribution in [0.1, 0.15) is 46.5 Å². The van der Waals surface area contributed by atoms with Crippen LogP contribution in [0.25, 0.3) is 0 Å². The second kappa shape index (κ2) is 5.35. The van der Waals surface area contributed by atoms with E-state index in [4.69, 9.17) is 0 Å². The topological polar surface area (TPSA) is 0 Å². The summed E-state index contributed by atoms with van der Waals surface area (Å²) in [6, 6.07) is 0. The van der Waals surface area contributed by atoms with E-state index >= 15 is 0 Å². The molecular formula is C17H22. The van der Waals surface area contributed by atoms with Crippen molar-refractivity contribution in [1.82, 2.24) is 0 Å². The Morgan fingerprint density at radius 2 is 1.88 bits per heavy atom. The minimum Gasteiger partial charge on any atom is -0.0842 e. The van der Waals surface area contributed by atoms with Crippen molar-refractivity contribution in [3.8, 4) is 0 Å². The van der Waals surface area contributed by atoms with Gasteiger partial charge in [0, 0.05) is 0 Å². The molecule has 0 aromatic carbocycles. The third-order valence-corrected chi connectivity index (χ3v) is 3.94. The van der Waals surface area contributed by atoms with Crippen molar-refractivity contribution in [3.05, 3.63) is 58.2 Å². The number of allylic oxidation sites excluding steroid dienone is 10. The van der Waals surface area contributed by atoms with Crippen LogP contribution in [0.15, 0.2) is 58.2 Å². The van der Waals surface area contributed by atoms with Crippen LogP contribution < -0.4 is 0 Å². The molecule has 0 nitrogen and oxygen atoms in total. The maximum absolute atomic E-state index is 2.33. The van der Waals surface area contributed by atoms with E-state index in [2.05, 4.69) is 51.2 Å². The standard InChI is InChI=1S/C17H22/c1-4-15-11-12-17(14(15)3)10-6-9-16-8-5-7-13(16)2/h4,6-7,9-10H,5,8,11-12H2,1-3H3. The van der Waals surface area contributed by atoms with Gasteiger partial charge in [-0.25, -0.2) is 0 Å². The molecule has 2 aliphatic rings. The summed E-state index contributed by atoms with van der Waals surface area (Å²) in [5.74, 6) is 0. The van der Waals surface area contributed by atoms with Gasteiger partial charge in [0.2, 0.25) is 0 Å². The lowest BCUT2D eigenvalue weighted by atomic mass is 10.1. The Hall–Kier alpha value is -1.30. The maximum atomic E-state index is 2.33. The van der Waals surface area contributed by atoms with Gasteiger partial charge >= 0.3 is 0 Å². The van der Waals surface area contributed by atoms with E-state index < -0.39 is 0 Å². The van der Waals surface area contributed by atoms with E-state index in [0.717, 1.165) is 0 Å². The van der Waals surface area contributed by atoms with Gasteiger partial charge in [0.25, 0.3) is 0 Å². The summed E-state index contributed by atoms with van der Waals surface area (Å²) in [6.07, 6.45) is 16.3. The van der Waals surface area contributed by atoms with Crippen LogP contribution in [0, 0.1) is 0 Å². The molecule has 0 aliphatic heterocycles. The van der Waals surface area contributed by atoms with Crippen molar-refractivity contribution in [2.45, 2.75) is 46.5 Å². The Kier molecular flexibility index (Phi) is 3.83. The third-order valence-electron chi connectivity index (χ3n) is 3.94. The largest absolute Gasteiger partial charge is 0.0842 e. The summed E-state index contributed by atoms with van der Waals surface area (Å²) >= 11 is 0. The molecule has 0 bridgehead atoms. The fourth-order valence-corrected chi connectivity index (χ4v) is 2.69. The summed E-state index contributed by atoms with van der Waals surface area (Å²) in [7, 11) is 0. The molecule has 0 heteroatoms. The van der Waals surface area contributed by atoms with E-state index in [1.54, 1.807) is 0 Å². The zero-order valence-corrected chi connectivity index (χ0v) is 11.2. The van der Waals surface area contributed by atoms with Crippen molar-refractivity contribution in [2.24, 2.45) is 0 Å². The van der Waals surface area contributed by atoms with Gasteiger partial charge in [-0.1, -0.05) is 36.0 Å². The number of rotatable bonds is 2. The van der Waals surface area contributed by atoms with Crippen LogP contribution in [0.4, 0.5) is 0 Å². The van der Waals surface area contributed by atoms with E-state index in [1.807, 2.05) is 0 Å². The normalized spacial score (nSPS) is 25.7. The molecule has 0 aromatic rings. The molecular weight excluding hydrogens is 204 g/mol. The zero-order chi connectivity index (χ0) is 12.3. The van der Waals surface area contributed by atoms with Gasteiger partial charge in [-0.3, -0.25) is 0 Å². The molecule has 0 spiro atoms. The van der Waals surface area contributed by atoms with Gasteiger partial charge in [-0.2, -0.15) is 0 Å². The first-order chi connectivity index (χ1) is 8.22. The number of hydrogen-bond acceptors (Lipinski definition) is 0. The molecule has 0 N–H and O–H groups in total. The molecule has 0 amide bonds. The summed E-state index contributed by atoms with van der Waals surface area (Å²) in [4.78, 5) is 0. The van der Waals surface area contributed by atoms with Crippen molar-refractivity contribution < 1.29 is 0 Å². The summed E-state index contributed by atoms with van der Waals surface area (Å²) in [5, 5.41) is 0. The Labute approximate surface area is 105 Å². The van der Waals surface area contributed by atoms with Gasteiger partial charge in [-0.15, -0.1) is 0 Å². The van der Waals surface area contributed by atoms with Crippen LogP contribution in [-0.2, 0) is 0 Å². The predicted octanol–water partition coefficient (Wildman–Crippen LogP) is 5.27. The van der Waals surface area contributed by atoms with Crippen molar-refractivity contribution in [2.75, 3.05) is 0 Å². The monoisotopic (exact) mass is 226 g/mol. The molecule has 0 saturated heterocycles.